The van der Waals surface area contributed by atoms with Gasteiger partial charge in [-0.1, -0.05) is 6.07 Å². The molecular weight excluding hydrogens is 490 g/mol. The van der Waals surface area contributed by atoms with E-state index in [9.17, 15) is 26.3 Å². The molecule has 0 saturated heterocycles. The van der Waals surface area contributed by atoms with E-state index >= 15 is 0 Å². The van der Waals surface area contributed by atoms with Crippen molar-refractivity contribution < 1.29 is 35.2 Å². The topological polar surface area (TPSA) is 77.8 Å². The average Bonchev–Trinajstić information content (AvgIpc) is 3.54. The number of benzene rings is 3. The summed E-state index contributed by atoms with van der Waals surface area (Å²) in [5.74, 6) is 0.279. The fraction of sp³-hybridized carbons (Fsp3) is 0.0833. The fourth-order valence-corrected chi connectivity index (χ4v) is 3.30. The quantitative estimate of drug-likeness (QED) is 0.243. The van der Waals surface area contributed by atoms with Crippen LogP contribution in [0.1, 0.15) is 11.1 Å². The number of rotatable bonds is 4. The van der Waals surface area contributed by atoms with Crippen LogP contribution in [-0.4, -0.2) is 20.4 Å². The van der Waals surface area contributed by atoms with E-state index in [-0.39, 0.29) is 23.6 Å². The molecule has 3 aromatic carbocycles. The zero-order valence-electron chi connectivity index (χ0n) is 17.8. The van der Waals surface area contributed by atoms with Gasteiger partial charge in [0.05, 0.1) is 11.1 Å². The molecule has 36 heavy (non-hydrogen) atoms. The molecule has 0 aliphatic heterocycles. The van der Waals surface area contributed by atoms with Crippen molar-refractivity contribution in [3.63, 3.8) is 0 Å². The molecule has 12 heteroatoms. The normalized spacial score (nSPS) is 12.2. The standard InChI is InChI=1S/C24H12F6N4O2/c25-23(26,27)17-8-4-13(5-9-17)19-31-33-21(35-19)15-2-1-3-16(12-15)22-34-32-20(36-22)14-6-10-18(11-7-14)24(28,29)30/h1-12H. The van der Waals surface area contributed by atoms with Crippen molar-refractivity contribution in [2.45, 2.75) is 12.4 Å². The van der Waals surface area contributed by atoms with Crippen molar-refractivity contribution in [2.24, 2.45) is 0 Å². The zero-order valence-corrected chi connectivity index (χ0v) is 17.8. The van der Waals surface area contributed by atoms with Gasteiger partial charge in [0, 0.05) is 22.3 Å². The highest BCUT2D eigenvalue weighted by Crippen LogP contribution is 2.33. The first-order valence-corrected chi connectivity index (χ1v) is 10.2. The lowest BCUT2D eigenvalue weighted by molar-refractivity contribution is -0.138. The highest BCUT2D eigenvalue weighted by molar-refractivity contribution is 5.66. The number of hydrogen-bond donors (Lipinski definition) is 0. The third-order valence-electron chi connectivity index (χ3n) is 5.12. The molecule has 0 radical (unpaired) electrons. The molecule has 0 fully saturated rings. The molecule has 0 aliphatic rings. The van der Waals surface area contributed by atoms with Gasteiger partial charge in [-0.2, -0.15) is 26.3 Å². The van der Waals surface area contributed by atoms with Crippen LogP contribution in [0.3, 0.4) is 0 Å². The monoisotopic (exact) mass is 502 g/mol. The Hall–Kier alpha value is -4.48. The Balaban J connectivity index is 1.38. The van der Waals surface area contributed by atoms with Crippen molar-refractivity contribution in [3.05, 3.63) is 83.9 Å². The first-order valence-electron chi connectivity index (χ1n) is 10.2. The minimum absolute atomic E-state index is 0.0338. The molecule has 0 atom stereocenters. The Kier molecular flexibility index (Phi) is 5.58. The van der Waals surface area contributed by atoms with Crippen molar-refractivity contribution in [1.82, 2.24) is 20.4 Å². The van der Waals surface area contributed by atoms with Gasteiger partial charge in [0.2, 0.25) is 23.6 Å². The summed E-state index contributed by atoms with van der Waals surface area (Å²) in [7, 11) is 0. The average molecular weight is 502 g/mol. The van der Waals surface area contributed by atoms with E-state index in [0.717, 1.165) is 24.3 Å². The second-order valence-electron chi connectivity index (χ2n) is 7.56. The van der Waals surface area contributed by atoms with Crippen molar-refractivity contribution in [3.8, 4) is 45.8 Å². The van der Waals surface area contributed by atoms with Gasteiger partial charge in [-0.15, -0.1) is 20.4 Å². The summed E-state index contributed by atoms with van der Waals surface area (Å²) in [6.45, 7) is 0. The van der Waals surface area contributed by atoms with Gasteiger partial charge in [0.15, 0.2) is 0 Å². The fourth-order valence-electron chi connectivity index (χ4n) is 3.30. The molecule has 0 spiro atoms. The Morgan fingerprint density at radius 3 is 1.11 bits per heavy atom. The minimum Gasteiger partial charge on any atom is -0.416 e. The van der Waals surface area contributed by atoms with Crippen LogP contribution >= 0.6 is 0 Å². The second-order valence-corrected chi connectivity index (χ2v) is 7.56. The minimum atomic E-state index is -4.46. The molecule has 182 valence electrons. The van der Waals surface area contributed by atoms with Crippen LogP contribution in [0.25, 0.3) is 45.8 Å². The SMILES string of the molecule is FC(F)(F)c1ccc(-c2nnc(-c3cccc(-c4nnc(-c5ccc(C(F)(F)F)cc5)o4)c3)o2)cc1. The van der Waals surface area contributed by atoms with Crippen LogP contribution in [0, 0.1) is 0 Å². The van der Waals surface area contributed by atoms with Crippen molar-refractivity contribution in [1.29, 1.82) is 0 Å². The number of alkyl halides is 6. The molecule has 0 unspecified atom stereocenters. The highest BCUT2D eigenvalue weighted by Gasteiger charge is 2.31. The zero-order chi connectivity index (χ0) is 25.5. The van der Waals surface area contributed by atoms with E-state index in [2.05, 4.69) is 20.4 Å². The Morgan fingerprint density at radius 1 is 0.444 bits per heavy atom. The number of nitrogens with zero attached hydrogens (tertiary/aromatic N) is 4. The Labute approximate surface area is 198 Å². The molecule has 0 saturated carbocycles. The number of aromatic nitrogens is 4. The molecule has 0 amide bonds. The Bertz CT molecular complexity index is 1390. The number of hydrogen-bond acceptors (Lipinski definition) is 6. The van der Waals surface area contributed by atoms with Gasteiger partial charge < -0.3 is 8.83 Å². The summed E-state index contributed by atoms with van der Waals surface area (Å²) in [5.41, 5.74) is -0.00492. The second kappa shape index (κ2) is 8.63. The molecule has 2 aromatic heterocycles. The van der Waals surface area contributed by atoms with Crippen LogP contribution in [-0.2, 0) is 12.4 Å². The third-order valence-corrected chi connectivity index (χ3v) is 5.12. The number of halogens is 6. The van der Waals surface area contributed by atoms with Crippen molar-refractivity contribution >= 4 is 0 Å². The maximum Gasteiger partial charge on any atom is 0.416 e. The van der Waals surface area contributed by atoms with Gasteiger partial charge in [0.1, 0.15) is 0 Å². The summed E-state index contributed by atoms with van der Waals surface area (Å²) >= 11 is 0. The largest absolute Gasteiger partial charge is 0.416 e. The lowest BCUT2D eigenvalue weighted by atomic mass is 10.1. The van der Waals surface area contributed by atoms with E-state index in [4.69, 9.17) is 8.83 Å². The molecule has 5 rings (SSSR count). The summed E-state index contributed by atoms with van der Waals surface area (Å²) in [5, 5.41) is 15.7. The molecule has 0 bridgehead atoms. The van der Waals surface area contributed by atoms with Crippen LogP contribution < -0.4 is 0 Å². The lowest BCUT2D eigenvalue weighted by Gasteiger charge is -2.05. The summed E-state index contributed by atoms with van der Waals surface area (Å²) in [6.07, 6.45) is -8.92. The van der Waals surface area contributed by atoms with E-state index in [1.165, 1.54) is 24.3 Å². The lowest BCUT2D eigenvalue weighted by Crippen LogP contribution is -2.03. The molecular formula is C24H12F6N4O2. The molecule has 2 heterocycles. The predicted octanol–water partition coefficient (Wildman–Crippen LogP) is 7.16. The van der Waals surface area contributed by atoms with Gasteiger partial charge in [-0.3, -0.25) is 0 Å². The molecule has 6 nitrogen and oxygen atoms in total. The van der Waals surface area contributed by atoms with Crippen molar-refractivity contribution in [2.75, 3.05) is 0 Å². The summed E-state index contributed by atoms with van der Waals surface area (Å²) < 4.78 is 87.9. The first kappa shape index (κ1) is 23.3. The van der Waals surface area contributed by atoms with Gasteiger partial charge in [-0.05, 0) is 66.7 Å². The first-order chi connectivity index (χ1) is 17.1. The molecule has 0 aliphatic carbocycles. The van der Waals surface area contributed by atoms with Gasteiger partial charge in [0.25, 0.3) is 0 Å². The van der Waals surface area contributed by atoms with Crippen LogP contribution in [0.15, 0.2) is 81.6 Å². The van der Waals surface area contributed by atoms with Gasteiger partial charge >= 0.3 is 12.4 Å². The third kappa shape index (κ3) is 4.69. The predicted molar refractivity (Wildman–Crippen MR) is 114 cm³/mol. The maximum absolute atomic E-state index is 12.8. The smallest absolute Gasteiger partial charge is 0.416 e. The Morgan fingerprint density at radius 2 is 0.778 bits per heavy atom. The van der Waals surface area contributed by atoms with E-state index in [0.29, 0.717) is 22.3 Å². The maximum atomic E-state index is 12.8. The van der Waals surface area contributed by atoms with E-state index in [1.807, 2.05) is 0 Å². The van der Waals surface area contributed by atoms with Crippen LogP contribution in [0.4, 0.5) is 26.3 Å². The molecule has 0 N–H and O–H groups in total. The molecule has 5 aromatic rings. The summed E-state index contributed by atoms with van der Waals surface area (Å²) in [6, 6.07) is 15.2. The van der Waals surface area contributed by atoms with E-state index in [1.54, 1.807) is 24.3 Å². The van der Waals surface area contributed by atoms with Gasteiger partial charge in [-0.25, -0.2) is 0 Å². The summed E-state index contributed by atoms with van der Waals surface area (Å²) in [4.78, 5) is 0. The highest BCUT2D eigenvalue weighted by atomic mass is 19.4. The van der Waals surface area contributed by atoms with Crippen LogP contribution in [0.5, 0.6) is 0 Å². The van der Waals surface area contributed by atoms with Crippen LogP contribution in [0.2, 0.25) is 0 Å². The van der Waals surface area contributed by atoms with E-state index < -0.39 is 23.5 Å².